The van der Waals surface area contributed by atoms with E-state index in [0.29, 0.717) is 0 Å². The lowest BCUT2D eigenvalue weighted by Gasteiger charge is -2.14. The van der Waals surface area contributed by atoms with Crippen molar-refractivity contribution in [2.75, 3.05) is 0 Å². The molecular weight excluding hydrogens is 360 g/mol. The fraction of sp³-hybridized carbons (Fsp3) is 0. The molecule has 0 aliphatic carbocycles. The highest BCUT2D eigenvalue weighted by molar-refractivity contribution is 6.14. The Morgan fingerprint density at radius 3 is 1.87 bits per heavy atom. The predicted molar refractivity (Wildman–Crippen MR) is 130 cm³/mol. The van der Waals surface area contributed by atoms with Crippen molar-refractivity contribution >= 4 is 32.3 Å². The van der Waals surface area contributed by atoms with Crippen LogP contribution in [0.3, 0.4) is 0 Å². The smallest absolute Gasteiger partial charge is 0.00266 e. The maximum Gasteiger partial charge on any atom is -0.00266 e. The van der Waals surface area contributed by atoms with Crippen molar-refractivity contribution in [3.63, 3.8) is 0 Å². The molecule has 0 spiro atoms. The summed E-state index contributed by atoms with van der Waals surface area (Å²) in [5.74, 6) is 0. The Kier molecular flexibility index (Phi) is 3.89. The van der Waals surface area contributed by atoms with E-state index in [-0.39, 0.29) is 0 Å². The summed E-state index contributed by atoms with van der Waals surface area (Å²) in [6, 6.07) is 43.8. The van der Waals surface area contributed by atoms with E-state index in [1.807, 2.05) is 0 Å². The van der Waals surface area contributed by atoms with Crippen LogP contribution in [0, 0.1) is 0 Å². The molecule has 0 unspecified atom stereocenters. The molecule has 0 N–H and O–H groups in total. The molecule has 30 heavy (non-hydrogen) atoms. The van der Waals surface area contributed by atoms with Crippen LogP contribution in [0.1, 0.15) is 0 Å². The fourth-order valence-electron chi connectivity index (χ4n) is 4.62. The zero-order valence-electron chi connectivity index (χ0n) is 16.5. The zero-order chi connectivity index (χ0) is 19.9. The summed E-state index contributed by atoms with van der Waals surface area (Å²) in [6.45, 7) is 0. The lowest BCUT2D eigenvalue weighted by atomic mass is 9.89. The van der Waals surface area contributed by atoms with E-state index in [4.69, 9.17) is 0 Å². The molecule has 0 aromatic heterocycles. The second-order valence-corrected chi connectivity index (χ2v) is 7.80. The number of benzene rings is 6. The van der Waals surface area contributed by atoms with E-state index in [1.165, 1.54) is 54.6 Å². The Balaban J connectivity index is 1.71. The molecule has 6 aromatic carbocycles. The normalized spacial score (nSPS) is 11.3. The SMILES string of the molecule is c1ccc(-c2c3ccccc3cc3ccc(-c4cccc5ccccc45)cc23)cc1. The first kappa shape index (κ1) is 17.0. The lowest BCUT2D eigenvalue weighted by molar-refractivity contribution is 1.66. The van der Waals surface area contributed by atoms with Crippen LogP contribution in [0.5, 0.6) is 0 Å². The molecule has 0 saturated carbocycles. The van der Waals surface area contributed by atoms with Crippen LogP contribution in [-0.4, -0.2) is 0 Å². The van der Waals surface area contributed by atoms with Gasteiger partial charge < -0.3 is 0 Å². The molecule has 0 nitrogen and oxygen atoms in total. The first-order valence-electron chi connectivity index (χ1n) is 10.4. The predicted octanol–water partition coefficient (Wildman–Crippen LogP) is 8.48. The second kappa shape index (κ2) is 6.86. The first-order valence-corrected chi connectivity index (χ1v) is 10.4. The summed E-state index contributed by atoms with van der Waals surface area (Å²) in [7, 11) is 0. The summed E-state index contributed by atoms with van der Waals surface area (Å²) in [4.78, 5) is 0. The van der Waals surface area contributed by atoms with Crippen molar-refractivity contribution in [3.05, 3.63) is 121 Å². The minimum atomic E-state index is 1.26. The monoisotopic (exact) mass is 380 g/mol. The van der Waals surface area contributed by atoms with Gasteiger partial charge in [-0.15, -0.1) is 0 Å². The standard InChI is InChI=1S/C30H20/c1-2-10-22(11-3-1)30-28-15-7-5-12-23(28)19-24-17-18-25(20-29(24)30)27-16-8-13-21-9-4-6-14-26(21)27/h1-20H. The Morgan fingerprint density at radius 2 is 1.00 bits per heavy atom. The van der Waals surface area contributed by atoms with E-state index in [0.717, 1.165) is 0 Å². The van der Waals surface area contributed by atoms with Crippen molar-refractivity contribution in [1.82, 2.24) is 0 Å². The van der Waals surface area contributed by atoms with Gasteiger partial charge in [0.15, 0.2) is 0 Å². The minimum Gasteiger partial charge on any atom is -0.0622 e. The third-order valence-corrected chi connectivity index (χ3v) is 6.03. The first-order chi connectivity index (χ1) is 14.9. The molecule has 140 valence electrons. The largest absolute Gasteiger partial charge is 0.0622 e. The second-order valence-electron chi connectivity index (χ2n) is 7.80. The Morgan fingerprint density at radius 1 is 0.333 bits per heavy atom. The molecule has 0 bridgehead atoms. The highest BCUT2D eigenvalue weighted by Crippen LogP contribution is 2.39. The highest BCUT2D eigenvalue weighted by Gasteiger charge is 2.12. The Hall–Kier alpha value is -3.90. The molecule has 6 rings (SSSR count). The quantitative estimate of drug-likeness (QED) is 0.264. The van der Waals surface area contributed by atoms with Gasteiger partial charge in [0.05, 0.1) is 0 Å². The van der Waals surface area contributed by atoms with Gasteiger partial charge in [0.2, 0.25) is 0 Å². The van der Waals surface area contributed by atoms with Gasteiger partial charge in [-0.2, -0.15) is 0 Å². The van der Waals surface area contributed by atoms with Crippen molar-refractivity contribution in [3.8, 4) is 22.3 Å². The van der Waals surface area contributed by atoms with Crippen LogP contribution in [0.4, 0.5) is 0 Å². The molecule has 0 aliphatic rings. The third-order valence-electron chi connectivity index (χ3n) is 6.03. The topological polar surface area (TPSA) is 0 Å². The van der Waals surface area contributed by atoms with Crippen molar-refractivity contribution in [1.29, 1.82) is 0 Å². The summed E-state index contributed by atoms with van der Waals surface area (Å²) in [5, 5.41) is 7.72. The lowest BCUT2D eigenvalue weighted by Crippen LogP contribution is -1.87. The molecule has 6 aromatic rings. The van der Waals surface area contributed by atoms with Gasteiger partial charge in [-0.25, -0.2) is 0 Å². The van der Waals surface area contributed by atoms with E-state index < -0.39 is 0 Å². The van der Waals surface area contributed by atoms with E-state index in [2.05, 4.69) is 121 Å². The number of rotatable bonds is 2. The molecule has 0 saturated heterocycles. The van der Waals surface area contributed by atoms with Gasteiger partial charge in [-0.3, -0.25) is 0 Å². The average Bonchev–Trinajstić information content (AvgIpc) is 2.82. The van der Waals surface area contributed by atoms with Gasteiger partial charge in [-0.05, 0) is 66.7 Å². The fourth-order valence-corrected chi connectivity index (χ4v) is 4.62. The number of fused-ring (bicyclic) bond motifs is 3. The van der Waals surface area contributed by atoms with Crippen LogP contribution in [-0.2, 0) is 0 Å². The van der Waals surface area contributed by atoms with Gasteiger partial charge in [0.25, 0.3) is 0 Å². The summed E-state index contributed by atoms with van der Waals surface area (Å²) in [5.41, 5.74) is 5.11. The van der Waals surface area contributed by atoms with E-state index in [9.17, 15) is 0 Å². The van der Waals surface area contributed by atoms with Crippen molar-refractivity contribution in [2.24, 2.45) is 0 Å². The maximum absolute atomic E-state index is 2.37. The third kappa shape index (κ3) is 2.69. The average molecular weight is 380 g/mol. The number of hydrogen-bond donors (Lipinski definition) is 0. The molecule has 0 atom stereocenters. The van der Waals surface area contributed by atoms with Crippen LogP contribution in [0.15, 0.2) is 121 Å². The molecule has 0 heterocycles. The Bertz CT molecular complexity index is 1520. The molecule has 0 heteroatoms. The van der Waals surface area contributed by atoms with Gasteiger partial charge >= 0.3 is 0 Å². The molecule has 0 amide bonds. The van der Waals surface area contributed by atoms with Crippen LogP contribution in [0.2, 0.25) is 0 Å². The molecule has 0 fully saturated rings. The molecule has 0 radical (unpaired) electrons. The molecular formula is C30H20. The van der Waals surface area contributed by atoms with Gasteiger partial charge in [0.1, 0.15) is 0 Å². The van der Waals surface area contributed by atoms with Crippen LogP contribution >= 0.6 is 0 Å². The van der Waals surface area contributed by atoms with Crippen LogP contribution < -0.4 is 0 Å². The maximum atomic E-state index is 2.37. The molecule has 0 aliphatic heterocycles. The van der Waals surface area contributed by atoms with Gasteiger partial charge in [-0.1, -0.05) is 109 Å². The van der Waals surface area contributed by atoms with E-state index in [1.54, 1.807) is 0 Å². The van der Waals surface area contributed by atoms with Crippen molar-refractivity contribution < 1.29 is 0 Å². The van der Waals surface area contributed by atoms with Gasteiger partial charge in [0, 0.05) is 0 Å². The van der Waals surface area contributed by atoms with Crippen LogP contribution in [0.25, 0.3) is 54.6 Å². The van der Waals surface area contributed by atoms with Crippen molar-refractivity contribution in [2.45, 2.75) is 0 Å². The summed E-state index contributed by atoms with van der Waals surface area (Å²) >= 11 is 0. The highest BCUT2D eigenvalue weighted by atomic mass is 14.2. The van der Waals surface area contributed by atoms with E-state index >= 15 is 0 Å². The Labute approximate surface area is 176 Å². The summed E-state index contributed by atoms with van der Waals surface area (Å²) in [6.07, 6.45) is 0. The summed E-state index contributed by atoms with van der Waals surface area (Å²) < 4.78 is 0. The zero-order valence-corrected chi connectivity index (χ0v) is 16.5. The minimum absolute atomic E-state index is 1.26. The number of hydrogen-bond acceptors (Lipinski definition) is 0.